The highest BCUT2D eigenvalue weighted by Gasteiger charge is 2.33. The van der Waals surface area contributed by atoms with Gasteiger partial charge in [-0.25, -0.2) is 4.98 Å². The van der Waals surface area contributed by atoms with Crippen molar-refractivity contribution in [1.82, 2.24) is 9.88 Å². The predicted octanol–water partition coefficient (Wildman–Crippen LogP) is 2.58. The summed E-state index contributed by atoms with van der Waals surface area (Å²) >= 11 is 5.84. The number of amides is 1. The van der Waals surface area contributed by atoms with Crippen LogP contribution in [0.2, 0.25) is 5.15 Å². The second-order valence-electron chi connectivity index (χ2n) is 5.19. The fourth-order valence-electron chi connectivity index (χ4n) is 1.98. The molecule has 1 amide bonds. The summed E-state index contributed by atoms with van der Waals surface area (Å²) in [5.74, 6) is 0.734. The lowest BCUT2D eigenvalue weighted by Gasteiger charge is -2.24. The first-order chi connectivity index (χ1) is 8.47. The fourth-order valence-corrected chi connectivity index (χ4v) is 2.20. The SMILES string of the molecule is CC(C)CN(C(=O)c1cc(N)nc(Cl)c1)C1CC1. The van der Waals surface area contributed by atoms with Gasteiger partial charge in [-0.3, -0.25) is 4.79 Å². The van der Waals surface area contributed by atoms with Crippen molar-refractivity contribution in [1.29, 1.82) is 0 Å². The summed E-state index contributed by atoms with van der Waals surface area (Å²) in [5, 5.41) is 0.263. The maximum absolute atomic E-state index is 12.5. The van der Waals surface area contributed by atoms with Gasteiger partial charge in [0, 0.05) is 18.2 Å². The quantitative estimate of drug-likeness (QED) is 0.853. The van der Waals surface area contributed by atoms with Crippen LogP contribution in [0.1, 0.15) is 37.0 Å². The van der Waals surface area contributed by atoms with E-state index in [0.717, 1.165) is 19.4 Å². The number of halogens is 1. The average molecular weight is 268 g/mol. The smallest absolute Gasteiger partial charge is 0.254 e. The van der Waals surface area contributed by atoms with Crippen LogP contribution in [-0.2, 0) is 0 Å². The van der Waals surface area contributed by atoms with E-state index in [0.29, 0.717) is 17.5 Å². The zero-order valence-corrected chi connectivity index (χ0v) is 11.4. The van der Waals surface area contributed by atoms with Crippen LogP contribution in [0.4, 0.5) is 5.82 Å². The van der Waals surface area contributed by atoms with Gasteiger partial charge in [-0.2, -0.15) is 0 Å². The minimum atomic E-state index is 0.00204. The van der Waals surface area contributed by atoms with Gasteiger partial charge in [0.25, 0.3) is 5.91 Å². The Labute approximate surface area is 112 Å². The lowest BCUT2D eigenvalue weighted by molar-refractivity contribution is 0.0722. The van der Waals surface area contributed by atoms with Crippen molar-refractivity contribution < 1.29 is 4.79 Å². The number of pyridine rings is 1. The maximum atomic E-state index is 12.5. The van der Waals surface area contributed by atoms with Crippen LogP contribution in [0, 0.1) is 5.92 Å². The van der Waals surface area contributed by atoms with Crippen molar-refractivity contribution in [3.05, 3.63) is 22.8 Å². The highest BCUT2D eigenvalue weighted by molar-refractivity contribution is 6.29. The number of anilines is 1. The molecule has 1 saturated carbocycles. The van der Waals surface area contributed by atoms with Crippen molar-refractivity contribution in [3.63, 3.8) is 0 Å². The molecule has 1 heterocycles. The Morgan fingerprint density at radius 1 is 1.56 bits per heavy atom. The fraction of sp³-hybridized carbons (Fsp3) is 0.538. The van der Waals surface area contributed by atoms with Gasteiger partial charge >= 0.3 is 0 Å². The third kappa shape index (κ3) is 3.13. The standard InChI is InChI=1S/C13H18ClN3O/c1-8(2)7-17(10-3-4-10)13(18)9-5-11(14)16-12(15)6-9/h5-6,8,10H,3-4,7H2,1-2H3,(H2,15,16). The Kier molecular flexibility index (Phi) is 3.76. The van der Waals surface area contributed by atoms with Gasteiger partial charge < -0.3 is 10.6 Å². The summed E-state index contributed by atoms with van der Waals surface area (Å²) in [7, 11) is 0. The summed E-state index contributed by atoms with van der Waals surface area (Å²) in [6.45, 7) is 4.98. The van der Waals surface area contributed by atoms with Gasteiger partial charge in [0.05, 0.1) is 0 Å². The summed E-state index contributed by atoms with van der Waals surface area (Å²) in [6.07, 6.45) is 2.18. The number of nitrogen functional groups attached to an aromatic ring is 1. The van der Waals surface area contributed by atoms with Gasteiger partial charge in [0.2, 0.25) is 0 Å². The molecule has 1 aromatic rings. The maximum Gasteiger partial charge on any atom is 0.254 e. The van der Waals surface area contributed by atoms with E-state index in [1.165, 1.54) is 0 Å². The monoisotopic (exact) mass is 267 g/mol. The number of aromatic nitrogens is 1. The van der Waals surface area contributed by atoms with Crippen LogP contribution in [0.5, 0.6) is 0 Å². The first kappa shape index (κ1) is 13.1. The van der Waals surface area contributed by atoms with Crippen molar-refractivity contribution in [2.75, 3.05) is 12.3 Å². The molecule has 0 spiro atoms. The van der Waals surface area contributed by atoms with Crippen LogP contribution in [0.3, 0.4) is 0 Å². The molecule has 1 aliphatic carbocycles. The summed E-state index contributed by atoms with van der Waals surface area (Å²) in [4.78, 5) is 18.2. The number of nitrogens with zero attached hydrogens (tertiary/aromatic N) is 2. The summed E-state index contributed by atoms with van der Waals surface area (Å²) < 4.78 is 0. The molecule has 1 aliphatic rings. The lowest BCUT2D eigenvalue weighted by atomic mass is 10.1. The number of rotatable bonds is 4. The Morgan fingerprint density at radius 3 is 2.72 bits per heavy atom. The Balaban J connectivity index is 2.21. The largest absolute Gasteiger partial charge is 0.384 e. The number of hydrogen-bond donors (Lipinski definition) is 1. The van der Waals surface area contributed by atoms with E-state index in [1.54, 1.807) is 12.1 Å². The molecule has 98 valence electrons. The molecule has 0 unspecified atom stereocenters. The van der Waals surface area contributed by atoms with E-state index >= 15 is 0 Å². The normalized spacial score (nSPS) is 14.9. The number of carbonyl (C=O) groups excluding carboxylic acids is 1. The molecule has 1 fully saturated rings. The van der Waals surface area contributed by atoms with Crippen LogP contribution in [-0.4, -0.2) is 28.4 Å². The zero-order valence-electron chi connectivity index (χ0n) is 10.7. The van der Waals surface area contributed by atoms with Crippen LogP contribution in [0.15, 0.2) is 12.1 Å². The van der Waals surface area contributed by atoms with Crippen molar-refractivity contribution in [3.8, 4) is 0 Å². The van der Waals surface area contributed by atoms with E-state index in [-0.39, 0.29) is 16.9 Å². The molecule has 0 saturated heterocycles. The van der Waals surface area contributed by atoms with Crippen LogP contribution < -0.4 is 5.73 Å². The highest BCUT2D eigenvalue weighted by atomic mass is 35.5. The first-order valence-electron chi connectivity index (χ1n) is 6.21. The second kappa shape index (κ2) is 5.14. The van der Waals surface area contributed by atoms with Gasteiger partial charge in [0.15, 0.2) is 0 Å². The molecule has 2 rings (SSSR count). The molecule has 4 nitrogen and oxygen atoms in total. The number of carbonyl (C=O) groups is 1. The molecule has 18 heavy (non-hydrogen) atoms. The van der Waals surface area contributed by atoms with Gasteiger partial charge in [-0.05, 0) is 30.9 Å². The summed E-state index contributed by atoms with van der Waals surface area (Å²) in [5.41, 5.74) is 6.15. The molecule has 0 aromatic carbocycles. The molecule has 0 bridgehead atoms. The Morgan fingerprint density at radius 2 is 2.22 bits per heavy atom. The molecule has 2 N–H and O–H groups in total. The predicted molar refractivity (Wildman–Crippen MR) is 72.6 cm³/mol. The van der Waals surface area contributed by atoms with E-state index in [2.05, 4.69) is 18.8 Å². The second-order valence-corrected chi connectivity index (χ2v) is 5.57. The van der Waals surface area contributed by atoms with E-state index in [1.807, 2.05) is 4.90 Å². The highest BCUT2D eigenvalue weighted by Crippen LogP contribution is 2.29. The average Bonchev–Trinajstić information content (AvgIpc) is 3.07. The van der Waals surface area contributed by atoms with Crippen molar-refractivity contribution in [2.24, 2.45) is 5.92 Å². The Bertz CT molecular complexity index is 437. The first-order valence-corrected chi connectivity index (χ1v) is 6.59. The molecule has 0 radical (unpaired) electrons. The minimum absolute atomic E-state index is 0.00204. The lowest BCUT2D eigenvalue weighted by Crippen LogP contribution is -2.36. The van der Waals surface area contributed by atoms with Gasteiger partial charge in [-0.1, -0.05) is 25.4 Å². The topological polar surface area (TPSA) is 59.2 Å². The third-order valence-electron chi connectivity index (χ3n) is 2.87. The molecule has 0 atom stereocenters. The third-order valence-corrected chi connectivity index (χ3v) is 3.06. The Hall–Kier alpha value is -1.29. The zero-order chi connectivity index (χ0) is 13.3. The molecular weight excluding hydrogens is 250 g/mol. The van der Waals surface area contributed by atoms with Gasteiger partial charge in [-0.15, -0.1) is 0 Å². The van der Waals surface area contributed by atoms with E-state index in [4.69, 9.17) is 17.3 Å². The van der Waals surface area contributed by atoms with E-state index < -0.39 is 0 Å². The molecule has 0 aliphatic heterocycles. The van der Waals surface area contributed by atoms with Crippen molar-refractivity contribution in [2.45, 2.75) is 32.7 Å². The number of nitrogens with two attached hydrogens (primary N) is 1. The van der Waals surface area contributed by atoms with E-state index in [9.17, 15) is 4.79 Å². The summed E-state index contributed by atoms with van der Waals surface area (Å²) in [6, 6.07) is 3.55. The molecule has 5 heteroatoms. The number of hydrogen-bond acceptors (Lipinski definition) is 3. The molecule has 1 aromatic heterocycles. The van der Waals surface area contributed by atoms with Gasteiger partial charge in [0.1, 0.15) is 11.0 Å². The molecular formula is C13H18ClN3O. The van der Waals surface area contributed by atoms with Crippen LogP contribution in [0.25, 0.3) is 0 Å². The van der Waals surface area contributed by atoms with Crippen LogP contribution >= 0.6 is 11.6 Å². The minimum Gasteiger partial charge on any atom is -0.384 e. The van der Waals surface area contributed by atoms with Crippen molar-refractivity contribution >= 4 is 23.3 Å².